The summed E-state index contributed by atoms with van der Waals surface area (Å²) >= 11 is 0. The summed E-state index contributed by atoms with van der Waals surface area (Å²) in [6.45, 7) is 6.65. The van der Waals surface area contributed by atoms with E-state index in [2.05, 4.69) is 0 Å². The highest BCUT2D eigenvalue weighted by Gasteiger charge is 2.24. The van der Waals surface area contributed by atoms with Crippen molar-refractivity contribution in [2.24, 2.45) is 5.41 Å². The van der Waals surface area contributed by atoms with Crippen molar-refractivity contribution in [1.29, 1.82) is 0 Å². The maximum Gasteiger partial charge on any atom is 0.142 e. The van der Waals surface area contributed by atoms with Gasteiger partial charge >= 0.3 is 0 Å². The predicted octanol–water partition coefficient (Wildman–Crippen LogP) is 2.78. The lowest BCUT2D eigenvalue weighted by Gasteiger charge is -2.17. The predicted molar refractivity (Wildman–Crippen MR) is 63.8 cm³/mol. The summed E-state index contributed by atoms with van der Waals surface area (Å²) in [6.07, 6.45) is 1.46. The van der Waals surface area contributed by atoms with Gasteiger partial charge in [-0.1, -0.05) is 32.9 Å². The molecule has 0 aromatic heterocycles. The summed E-state index contributed by atoms with van der Waals surface area (Å²) in [7, 11) is 0. The van der Waals surface area contributed by atoms with E-state index in [0.717, 1.165) is 24.3 Å². The van der Waals surface area contributed by atoms with Gasteiger partial charge in [-0.05, 0) is 11.6 Å². The van der Waals surface area contributed by atoms with E-state index in [1.54, 1.807) is 0 Å². The van der Waals surface area contributed by atoms with Crippen LogP contribution in [0.15, 0.2) is 18.2 Å². The van der Waals surface area contributed by atoms with Gasteiger partial charge in [-0.2, -0.15) is 0 Å². The molecule has 0 saturated carbocycles. The minimum absolute atomic E-state index is 0.262. The smallest absolute Gasteiger partial charge is 0.142 e. The highest BCUT2D eigenvalue weighted by Crippen LogP contribution is 2.29. The molecule has 86 valence electrons. The van der Waals surface area contributed by atoms with Crippen LogP contribution >= 0.6 is 0 Å². The van der Waals surface area contributed by atoms with Crippen LogP contribution in [-0.2, 0) is 17.6 Å². The van der Waals surface area contributed by atoms with Gasteiger partial charge in [-0.3, -0.25) is 4.79 Å². The second kappa shape index (κ2) is 3.93. The van der Waals surface area contributed by atoms with Crippen LogP contribution in [0.1, 0.15) is 31.9 Å². The summed E-state index contributed by atoms with van der Waals surface area (Å²) in [4.78, 5) is 12.0. The topological polar surface area (TPSA) is 26.3 Å². The second-order valence-corrected chi connectivity index (χ2v) is 5.34. The van der Waals surface area contributed by atoms with Crippen molar-refractivity contribution >= 4 is 5.78 Å². The van der Waals surface area contributed by atoms with E-state index in [1.165, 1.54) is 5.56 Å². The first-order chi connectivity index (χ1) is 7.48. The number of carbonyl (C=O) groups is 1. The van der Waals surface area contributed by atoms with Gasteiger partial charge in [0.25, 0.3) is 0 Å². The highest BCUT2D eigenvalue weighted by atomic mass is 16.5. The minimum Gasteiger partial charge on any atom is -0.493 e. The summed E-state index contributed by atoms with van der Waals surface area (Å²) in [5.74, 6) is 1.24. The molecule has 1 aliphatic rings. The van der Waals surface area contributed by atoms with E-state index < -0.39 is 0 Å². The van der Waals surface area contributed by atoms with Crippen LogP contribution < -0.4 is 4.74 Å². The number of carbonyl (C=O) groups excluding carboxylic acids is 1. The van der Waals surface area contributed by atoms with Crippen LogP contribution in [0.4, 0.5) is 0 Å². The van der Waals surface area contributed by atoms with Crippen LogP contribution in [0.25, 0.3) is 0 Å². The third kappa shape index (κ3) is 2.11. The zero-order chi connectivity index (χ0) is 11.8. The zero-order valence-electron chi connectivity index (χ0n) is 10.2. The van der Waals surface area contributed by atoms with Crippen molar-refractivity contribution in [2.75, 3.05) is 6.61 Å². The monoisotopic (exact) mass is 218 g/mol. The van der Waals surface area contributed by atoms with Crippen molar-refractivity contribution < 1.29 is 9.53 Å². The second-order valence-electron chi connectivity index (χ2n) is 5.34. The van der Waals surface area contributed by atoms with Gasteiger partial charge in [0.05, 0.1) is 6.61 Å². The van der Waals surface area contributed by atoms with E-state index in [4.69, 9.17) is 4.74 Å². The number of hydrogen-bond donors (Lipinski definition) is 0. The Kier molecular flexibility index (Phi) is 2.75. The van der Waals surface area contributed by atoms with Crippen molar-refractivity contribution in [1.82, 2.24) is 0 Å². The summed E-state index contributed by atoms with van der Waals surface area (Å²) in [6, 6.07) is 5.99. The molecule has 0 saturated heterocycles. The summed E-state index contributed by atoms with van der Waals surface area (Å²) < 4.78 is 5.49. The number of benzene rings is 1. The molecule has 1 aromatic carbocycles. The average Bonchev–Trinajstić information content (AvgIpc) is 2.65. The molecule has 1 aliphatic heterocycles. The fourth-order valence-electron chi connectivity index (χ4n) is 1.90. The normalized spacial score (nSPS) is 14.4. The van der Waals surface area contributed by atoms with E-state index >= 15 is 0 Å². The highest BCUT2D eigenvalue weighted by molar-refractivity contribution is 5.86. The Hall–Kier alpha value is -1.31. The number of rotatable bonds is 2. The molecule has 1 aromatic rings. The number of ketones is 1. The molecule has 0 aliphatic carbocycles. The molecule has 2 rings (SSSR count). The Labute approximate surface area is 96.6 Å². The van der Waals surface area contributed by atoms with Gasteiger partial charge in [-0.15, -0.1) is 0 Å². The minimum atomic E-state index is -0.262. The molecule has 0 spiro atoms. The third-order valence-corrected chi connectivity index (χ3v) is 3.03. The molecule has 0 bridgehead atoms. The standard InChI is InChI=1S/C14H18O2/c1-14(2,3)13(15)9-10-5-4-6-12-11(10)7-8-16-12/h4-6H,7-9H2,1-3H3. The van der Waals surface area contributed by atoms with Gasteiger partial charge in [0.15, 0.2) is 0 Å². The van der Waals surface area contributed by atoms with Crippen molar-refractivity contribution in [3.8, 4) is 5.75 Å². The van der Waals surface area contributed by atoms with Crippen molar-refractivity contribution in [2.45, 2.75) is 33.6 Å². The Morgan fingerprint density at radius 1 is 1.38 bits per heavy atom. The van der Waals surface area contributed by atoms with Crippen molar-refractivity contribution in [3.05, 3.63) is 29.3 Å². The van der Waals surface area contributed by atoms with Gasteiger partial charge in [0.2, 0.25) is 0 Å². The van der Waals surface area contributed by atoms with E-state index in [9.17, 15) is 4.79 Å². The molecule has 0 fully saturated rings. The molecule has 0 unspecified atom stereocenters. The molecule has 0 atom stereocenters. The lowest BCUT2D eigenvalue weighted by Crippen LogP contribution is -2.22. The fourth-order valence-corrected chi connectivity index (χ4v) is 1.90. The Morgan fingerprint density at radius 3 is 2.81 bits per heavy atom. The Bertz CT molecular complexity index is 413. The molecule has 16 heavy (non-hydrogen) atoms. The Morgan fingerprint density at radius 2 is 2.12 bits per heavy atom. The molecule has 2 heteroatoms. The van der Waals surface area contributed by atoms with E-state index in [0.29, 0.717) is 6.42 Å². The SMILES string of the molecule is CC(C)(C)C(=O)Cc1cccc2c1CCO2. The zero-order valence-corrected chi connectivity index (χ0v) is 10.2. The molecule has 0 N–H and O–H groups in total. The number of fused-ring (bicyclic) bond motifs is 1. The molecular weight excluding hydrogens is 200 g/mol. The van der Waals surface area contributed by atoms with Crippen LogP contribution in [-0.4, -0.2) is 12.4 Å². The maximum absolute atomic E-state index is 12.0. The van der Waals surface area contributed by atoms with Crippen molar-refractivity contribution in [3.63, 3.8) is 0 Å². The number of Topliss-reactive ketones (excluding diaryl/α,β-unsaturated/α-hetero) is 1. The van der Waals surface area contributed by atoms with Gasteiger partial charge in [0, 0.05) is 23.8 Å². The summed E-state index contributed by atoms with van der Waals surface area (Å²) in [5.41, 5.74) is 2.09. The van der Waals surface area contributed by atoms with Crippen LogP contribution in [0.2, 0.25) is 0 Å². The number of hydrogen-bond acceptors (Lipinski definition) is 2. The summed E-state index contributed by atoms with van der Waals surface area (Å²) in [5, 5.41) is 0. The van der Waals surface area contributed by atoms with E-state index in [-0.39, 0.29) is 11.2 Å². The van der Waals surface area contributed by atoms with Gasteiger partial charge < -0.3 is 4.74 Å². The molecule has 0 amide bonds. The van der Waals surface area contributed by atoms with Gasteiger partial charge in [-0.25, -0.2) is 0 Å². The van der Waals surface area contributed by atoms with E-state index in [1.807, 2.05) is 39.0 Å². The first-order valence-electron chi connectivity index (χ1n) is 5.75. The molecular formula is C14H18O2. The third-order valence-electron chi connectivity index (χ3n) is 3.03. The maximum atomic E-state index is 12.0. The molecule has 0 radical (unpaired) electrons. The molecule has 1 heterocycles. The fraction of sp³-hybridized carbons (Fsp3) is 0.500. The van der Waals surface area contributed by atoms with Crippen LogP contribution in [0, 0.1) is 5.41 Å². The van der Waals surface area contributed by atoms with Crippen LogP contribution in [0.3, 0.4) is 0 Å². The quantitative estimate of drug-likeness (QED) is 0.763. The van der Waals surface area contributed by atoms with Gasteiger partial charge in [0.1, 0.15) is 11.5 Å². The number of ether oxygens (including phenoxy) is 1. The molecule has 2 nitrogen and oxygen atoms in total. The Balaban J connectivity index is 2.23. The van der Waals surface area contributed by atoms with Crippen LogP contribution in [0.5, 0.6) is 5.75 Å². The lowest BCUT2D eigenvalue weighted by molar-refractivity contribution is -0.125. The first kappa shape index (κ1) is 11.2. The largest absolute Gasteiger partial charge is 0.493 e. The lowest BCUT2D eigenvalue weighted by atomic mass is 9.86. The first-order valence-corrected chi connectivity index (χ1v) is 5.75. The average molecular weight is 218 g/mol.